The molecular formula is C19H21NO4. The molecule has 0 radical (unpaired) electrons. The van der Waals surface area contributed by atoms with E-state index >= 15 is 0 Å². The van der Waals surface area contributed by atoms with E-state index in [2.05, 4.69) is 0 Å². The first kappa shape index (κ1) is 16.4. The predicted octanol–water partition coefficient (Wildman–Crippen LogP) is 2.27. The Labute approximate surface area is 141 Å². The Bertz CT molecular complexity index is 709. The third kappa shape index (κ3) is 2.75. The van der Waals surface area contributed by atoms with Crippen molar-refractivity contribution >= 4 is 17.8 Å². The molecule has 2 amide bonds. The van der Waals surface area contributed by atoms with Crippen LogP contribution in [0, 0.1) is 17.8 Å². The van der Waals surface area contributed by atoms with Crippen LogP contribution in [0.5, 0.6) is 0 Å². The van der Waals surface area contributed by atoms with Crippen molar-refractivity contribution in [1.29, 1.82) is 0 Å². The molecule has 5 heteroatoms. The average molecular weight is 327 g/mol. The molecular weight excluding hydrogens is 306 g/mol. The Morgan fingerprint density at radius 3 is 2.54 bits per heavy atom. The number of allylic oxidation sites excluding steroid dienone is 2. The third-order valence-corrected chi connectivity index (χ3v) is 5.04. The summed E-state index contributed by atoms with van der Waals surface area (Å²) < 4.78 is 0. The van der Waals surface area contributed by atoms with Crippen molar-refractivity contribution in [1.82, 2.24) is 4.90 Å². The molecule has 1 aliphatic heterocycles. The van der Waals surface area contributed by atoms with Crippen molar-refractivity contribution in [2.45, 2.75) is 32.7 Å². The van der Waals surface area contributed by atoms with E-state index in [1.54, 1.807) is 0 Å². The largest absolute Gasteiger partial charge is 0.480 e. The van der Waals surface area contributed by atoms with E-state index in [4.69, 9.17) is 0 Å². The predicted molar refractivity (Wildman–Crippen MR) is 87.9 cm³/mol. The molecule has 126 valence electrons. The van der Waals surface area contributed by atoms with Crippen molar-refractivity contribution in [2.75, 3.05) is 0 Å². The lowest BCUT2D eigenvalue weighted by Crippen LogP contribution is -2.47. The molecule has 1 saturated heterocycles. The lowest BCUT2D eigenvalue weighted by molar-refractivity contribution is -0.155. The Kier molecular flexibility index (Phi) is 4.26. The fourth-order valence-electron chi connectivity index (χ4n) is 3.98. The van der Waals surface area contributed by atoms with Crippen molar-refractivity contribution < 1.29 is 19.5 Å². The number of carbonyl (C=O) groups excluding carboxylic acids is 2. The maximum atomic E-state index is 12.8. The highest BCUT2D eigenvalue weighted by Gasteiger charge is 2.53. The van der Waals surface area contributed by atoms with Gasteiger partial charge in [-0.25, -0.2) is 4.79 Å². The topological polar surface area (TPSA) is 74.7 Å². The summed E-state index contributed by atoms with van der Waals surface area (Å²) >= 11 is 0. The van der Waals surface area contributed by atoms with Gasteiger partial charge in [-0.15, -0.1) is 0 Å². The quantitative estimate of drug-likeness (QED) is 0.680. The van der Waals surface area contributed by atoms with Gasteiger partial charge < -0.3 is 5.11 Å². The monoisotopic (exact) mass is 327 g/mol. The Morgan fingerprint density at radius 1 is 1.25 bits per heavy atom. The van der Waals surface area contributed by atoms with Crippen molar-refractivity contribution in [2.24, 2.45) is 17.8 Å². The second-order valence-electron chi connectivity index (χ2n) is 6.80. The zero-order valence-electron chi connectivity index (χ0n) is 13.8. The third-order valence-electron chi connectivity index (χ3n) is 5.04. The van der Waals surface area contributed by atoms with Crippen LogP contribution in [0.25, 0.3) is 0 Å². The molecule has 5 nitrogen and oxygen atoms in total. The highest BCUT2D eigenvalue weighted by molar-refractivity contribution is 6.08. The molecule has 24 heavy (non-hydrogen) atoms. The molecule has 0 aromatic heterocycles. The number of nitrogens with zero attached hydrogens (tertiary/aromatic N) is 1. The second-order valence-corrected chi connectivity index (χ2v) is 6.80. The Balaban J connectivity index is 1.91. The molecule has 1 fully saturated rings. The van der Waals surface area contributed by atoms with Gasteiger partial charge in [-0.05, 0) is 24.8 Å². The van der Waals surface area contributed by atoms with E-state index in [-0.39, 0.29) is 24.2 Å². The van der Waals surface area contributed by atoms with Gasteiger partial charge in [0.05, 0.1) is 11.8 Å². The van der Waals surface area contributed by atoms with E-state index in [1.807, 2.05) is 50.3 Å². The maximum Gasteiger partial charge on any atom is 0.327 e. The summed E-state index contributed by atoms with van der Waals surface area (Å²) in [5.74, 6) is -2.72. The zero-order valence-corrected chi connectivity index (χ0v) is 13.8. The molecule has 0 unspecified atom stereocenters. The standard InChI is InChI=1S/C19H21NO4/c1-11-8-12(2)16-14(9-11)17(21)20(18(16)22)15(19(23)24)10-13-6-4-3-5-7-13/h3-8,12,14-16H,9-10H2,1-2H3,(H,23,24)/t12-,14+,15-,16+/m0/s1. The van der Waals surface area contributed by atoms with E-state index in [9.17, 15) is 19.5 Å². The molecule has 1 aromatic carbocycles. The fourth-order valence-corrected chi connectivity index (χ4v) is 3.98. The SMILES string of the molecule is CC1=C[C@H](C)[C@H]2C(=O)N([C@@H](Cc3ccccc3)C(=O)O)C(=O)[C@@H]2C1. The number of carbonyl (C=O) groups is 3. The van der Waals surface area contributed by atoms with Gasteiger partial charge >= 0.3 is 5.97 Å². The summed E-state index contributed by atoms with van der Waals surface area (Å²) in [6.45, 7) is 3.87. The first-order chi connectivity index (χ1) is 11.4. The Morgan fingerprint density at radius 2 is 1.92 bits per heavy atom. The second kappa shape index (κ2) is 6.23. The van der Waals surface area contributed by atoms with Crippen LogP contribution in [0.15, 0.2) is 42.0 Å². The minimum Gasteiger partial charge on any atom is -0.480 e. The number of hydrogen-bond donors (Lipinski definition) is 1. The first-order valence-corrected chi connectivity index (χ1v) is 8.21. The van der Waals surface area contributed by atoms with Gasteiger partial charge in [0.2, 0.25) is 11.8 Å². The molecule has 1 aromatic rings. The average Bonchev–Trinajstić information content (AvgIpc) is 2.77. The van der Waals surface area contributed by atoms with Gasteiger partial charge in [-0.1, -0.05) is 48.9 Å². The summed E-state index contributed by atoms with van der Waals surface area (Å²) in [6, 6.07) is 7.94. The van der Waals surface area contributed by atoms with Crippen molar-refractivity contribution in [3.8, 4) is 0 Å². The van der Waals surface area contributed by atoms with Gasteiger partial charge in [0.15, 0.2) is 0 Å². The van der Waals surface area contributed by atoms with Crippen LogP contribution in [0.2, 0.25) is 0 Å². The van der Waals surface area contributed by atoms with E-state index < -0.39 is 23.8 Å². The zero-order chi connectivity index (χ0) is 17.4. The molecule has 0 saturated carbocycles. The molecule has 0 bridgehead atoms. The molecule has 4 atom stereocenters. The summed E-state index contributed by atoms with van der Waals surface area (Å²) in [4.78, 5) is 38.4. The molecule has 1 aliphatic carbocycles. The number of hydrogen-bond acceptors (Lipinski definition) is 3. The number of rotatable bonds is 4. The van der Waals surface area contributed by atoms with E-state index in [0.717, 1.165) is 16.0 Å². The van der Waals surface area contributed by atoms with Crippen LogP contribution >= 0.6 is 0 Å². The number of carboxylic acid groups (broad SMARTS) is 1. The lowest BCUT2D eigenvalue weighted by Gasteiger charge is -2.25. The number of amides is 2. The molecule has 0 spiro atoms. The van der Waals surface area contributed by atoms with Gasteiger partial charge in [0, 0.05) is 6.42 Å². The van der Waals surface area contributed by atoms with Crippen molar-refractivity contribution in [3.63, 3.8) is 0 Å². The highest BCUT2D eigenvalue weighted by atomic mass is 16.4. The van der Waals surface area contributed by atoms with Crippen LogP contribution < -0.4 is 0 Å². The smallest absolute Gasteiger partial charge is 0.327 e. The van der Waals surface area contributed by atoms with Crippen LogP contribution in [-0.4, -0.2) is 33.8 Å². The van der Waals surface area contributed by atoms with Gasteiger partial charge in [-0.3, -0.25) is 14.5 Å². The van der Waals surface area contributed by atoms with Crippen LogP contribution in [0.1, 0.15) is 25.8 Å². The molecule has 1 heterocycles. The van der Waals surface area contributed by atoms with Gasteiger partial charge in [0.1, 0.15) is 6.04 Å². The van der Waals surface area contributed by atoms with Crippen molar-refractivity contribution in [3.05, 3.63) is 47.5 Å². The van der Waals surface area contributed by atoms with Gasteiger partial charge in [0.25, 0.3) is 0 Å². The normalized spacial score (nSPS) is 27.7. The first-order valence-electron chi connectivity index (χ1n) is 8.21. The summed E-state index contributed by atoms with van der Waals surface area (Å²) in [6.07, 6.45) is 2.68. The van der Waals surface area contributed by atoms with Gasteiger partial charge in [-0.2, -0.15) is 0 Å². The number of fused-ring (bicyclic) bond motifs is 1. The Hall–Kier alpha value is -2.43. The van der Waals surface area contributed by atoms with E-state index in [0.29, 0.717) is 6.42 Å². The van der Waals surface area contributed by atoms with Crippen LogP contribution in [-0.2, 0) is 20.8 Å². The number of imide groups is 1. The lowest BCUT2D eigenvalue weighted by atomic mass is 9.76. The fraction of sp³-hybridized carbons (Fsp3) is 0.421. The number of aliphatic carboxylic acids is 1. The number of benzene rings is 1. The van der Waals surface area contributed by atoms with E-state index in [1.165, 1.54) is 0 Å². The maximum absolute atomic E-state index is 12.8. The minimum absolute atomic E-state index is 0.0450. The number of carboxylic acids is 1. The van der Waals surface area contributed by atoms with Crippen LogP contribution in [0.4, 0.5) is 0 Å². The molecule has 2 aliphatic rings. The molecule has 1 N–H and O–H groups in total. The minimum atomic E-state index is -1.15. The number of likely N-dealkylation sites (tertiary alicyclic amines) is 1. The summed E-state index contributed by atoms with van der Waals surface area (Å²) in [7, 11) is 0. The molecule has 3 rings (SSSR count). The summed E-state index contributed by atoms with van der Waals surface area (Å²) in [5, 5.41) is 9.62. The highest BCUT2D eigenvalue weighted by Crippen LogP contribution is 2.41. The van der Waals surface area contributed by atoms with Crippen LogP contribution in [0.3, 0.4) is 0 Å². The summed E-state index contributed by atoms with van der Waals surface area (Å²) in [5.41, 5.74) is 1.88.